The fourth-order valence-electron chi connectivity index (χ4n) is 4.47. The molecule has 4 nitrogen and oxygen atoms in total. The fourth-order valence-corrected chi connectivity index (χ4v) is 5.24. The Bertz CT molecular complexity index is 808. The number of carbonyl (C=O) groups excluding carboxylic acids is 2. The van der Waals surface area contributed by atoms with Crippen LogP contribution in [0.4, 0.5) is 0 Å². The lowest BCUT2D eigenvalue weighted by atomic mass is 9.93. The second-order valence-corrected chi connectivity index (χ2v) is 8.89. The molecule has 1 aromatic heterocycles. The molecule has 1 saturated heterocycles. The zero-order valence-corrected chi connectivity index (χ0v) is 16.6. The summed E-state index contributed by atoms with van der Waals surface area (Å²) in [7, 11) is 0. The molecule has 27 heavy (non-hydrogen) atoms. The molecule has 1 unspecified atom stereocenters. The van der Waals surface area contributed by atoms with Crippen molar-refractivity contribution in [3.05, 3.63) is 35.2 Å². The quantitative estimate of drug-likeness (QED) is 0.790. The molecule has 1 N–H and O–H groups in total. The number of piperidine rings is 1. The number of hydrogen-bond acceptors (Lipinski definition) is 3. The second-order valence-electron chi connectivity index (χ2n) is 7.94. The van der Waals surface area contributed by atoms with Crippen LogP contribution in [0.5, 0.6) is 0 Å². The number of benzene rings is 1. The van der Waals surface area contributed by atoms with Crippen LogP contribution in [-0.4, -0.2) is 29.3 Å². The van der Waals surface area contributed by atoms with E-state index in [0.29, 0.717) is 32.0 Å². The lowest BCUT2D eigenvalue weighted by Gasteiger charge is -2.37. The third-order valence-electron chi connectivity index (χ3n) is 6.06. The predicted octanol–water partition coefficient (Wildman–Crippen LogP) is 4.48. The molecular formula is C22H28N2O2S. The van der Waals surface area contributed by atoms with Gasteiger partial charge in [0.15, 0.2) is 0 Å². The molecule has 144 valence electrons. The number of thiophene rings is 1. The average Bonchev–Trinajstić information content (AvgIpc) is 2.99. The van der Waals surface area contributed by atoms with Crippen LogP contribution >= 0.6 is 11.3 Å². The Hall–Kier alpha value is -1.88. The van der Waals surface area contributed by atoms with Crippen LogP contribution in [0.25, 0.3) is 10.1 Å². The van der Waals surface area contributed by atoms with Gasteiger partial charge in [-0.1, -0.05) is 31.7 Å². The van der Waals surface area contributed by atoms with Gasteiger partial charge in [0.1, 0.15) is 0 Å². The Labute approximate surface area is 164 Å². The van der Waals surface area contributed by atoms with Gasteiger partial charge < -0.3 is 10.2 Å². The van der Waals surface area contributed by atoms with Crippen LogP contribution in [0.1, 0.15) is 56.9 Å². The maximum Gasteiger partial charge on any atom is 0.225 e. The van der Waals surface area contributed by atoms with Gasteiger partial charge >= 0.3 is 0 Å². The molecule has 0 spiro atoms. The van der Waals surface area contributed by atoms with E-state index >= 15 is 0 Å². The predicted molar refractivity (Wildman–Crippen MR) is 110 cm³/mol. The number of nitrogens with one attached hydrogen (secondary N) is 1. The minimum absolute atomic E-state index is 0.0733. The van der Waals surface area contributed by atoms with E-state index in [1.165, 1.54) is 35.8 Å². The van der Waals surface area contributed by atoms with Gasteiger partial charge in [-0.3, -0.25) is 9.59 Å². The average molecular weight is 385 g/mol. The maximum atomic E-state index is 12.7. The molecule has 1 aliphatic heterocycles. The van der Waals surface area contributed by atoms with E-state index in [1.54, 1.807) is 11.3 Å². The van der Waals surface area contributed by atoms with Crippen LogP contribution in [0, 0.1) is 5.92 Å². The smallest absolute Gasteiger partial charge is 0.225 e. The van der Waals surface area contributed by atoms with E-state index in [2.05, 4.69) is 35.0 Å². The van der Waals surface area contributed by atoms with Gasteiger partial charge in [0.2, 0.25) is 11.8 Å². The minimum atomic E-state index is -0.0733. The molecule has 4 rings (SSSR count). The number of rotatable bonds is 4. The van der Waals surface area contributed by atoms with Crippen molar-refractivity contribution < 1.29 is 9.59 Å². The molecule has 5 heteroatoms. The summed E-state index contributed by atoms with van der Waals surface area (Å²) in [6.45, 7) is 1.15. The lowest BCUT2D eigenvalue weighted by Crippen LogP contribution is -2.49. The van der Waals surface area contributed by atoms with Gasteiger partial charge in [-0.05, 0) is 53.8 Å². The molecule has 1 aromatic carbocycles. The first-order valence-electron chi connectivity index (χ1n) is 10.2. The summed E-state index contributed by atoms with van der Waals surface area (Å²) in [5.74, 6) is 0.260. The summed E-state index contributed by atoms with van der Waals surface area (Å²) in [5.41, 5.74) is 1.13. The van der Waals surface area contributed by atoms with Gasteiger partial charge in [-0.25, -0.2) is 0 Å². The van der Waals surface area contributed by atoms with E-state index in [9.17, 15) is 9.59 Å². The fraction of sp³-hybridized carbons (Fsp3) is 0.545. The number of carbonyl (C=O) groups is 2. The Kier molecular flexibility index (Phi) is 5.77. The number of amides is 2. The maximum absolute atomic E-state index is 12.7. The minimum Gasteiger partial charge on any atom is -0.352 e. The normalized spacial score (nSPS) is 22.0. The van der Waals surface area contributed by atoms with E-state index in [1.807, 2.05) is 4.90 Å². The molecule has 1 saturated carbocycles. The number of hydrogen-bond donors (Lipinski definition) is 1. The van der Waals surface area contributed by atoms with E-state index in [4.69, 9.17) is 0 Å². The zero-order chi connectivity index (χ0) is 18.6. The zero-order valence-electron chi connectivity index (χ0n) is 15.8. The molecule has 1 atom stereocenters. The first-order valence-corrected chi connectivity index (χ1v) is 11.1. The highest BCUT2D eigenvalue weighted by atomic mass is 32.1. The van der Waals surface area contributed by atoms with Gasteiger partial charge in [0.05, 0.1) is 5.92 Å². The number of fused-ring (bicyclic) bond motifs is 1. The van der Waals surface area contributed by atoms with Crippen molar-refractivity contribution in [2.24, 2.45) is 5.92 Å². The van der Waals surface area contributed by atoms with Crippen molar-refractivity contribution in [3.8, 4) is 0 Å². The molecule has 1 aliphatic carbocycles. The largest absolute Gasteiger partial charge is 0.352 e. The van der Waals surface area contributed by atoms with Crippen LogP contribution in [0.15, 0.2) is 29.6 Å². The van der Waals surface area contributed by atoms with Crippen LogP contribution in [0.2, 0.25) is 0 Å². The molecular weight excluding hydrogens is 356 g/mol. The first kappa shape index (κ1) is 18.5. The summed E-state index contributed by atoms with van der Waals surface area (Å²) in [5, 5.41) is 6.43. The highest BCUT2D eigenvalue weighted by Gasteiger charge is 2.34. The third-order valence-corrected chi connectivity index (χ3v) is 6.96. The van der Waals surface area contributed by atoms with Crippen LogP contribution < -0.4 is 5.32 Å². The summed E-state index contributed by atoms with van der Waals surface area (Å²) in [6.07, 6.45) is 8.34. The first-order chi connectivity index (χ1) is 13.2. The van der Waals surface area contributed by atoms with E-state index in [0.717, 1.165) is 18.4 Å². The molecule has 2 fully saturated rings. The van der Waals surface area contributed by atoms with E-state index in [-0.39, 0.29) is 17.7 Å². The van der Waals surface area contributed by atoms with Crippen molar-refractivity contribution in [1.82, 2.24) is 10.2 Å². The Balaban J connectivity index is 1.35. The Morgan fingerprint density at radius 2 is 1.93 bits per heavy atom. The van der Waals surface area contributed by atoms with Crippen molar-refractivity contribution >= 4 is 33.2 Å². The molecule has 0 radical (unpaired) electrons. The number of likely N-dealkylation sites (tertiary alicyclic amines) is 1. The topological polar surface area (TPSA) is 49.4 Å². The van der Waals surface area contributed by atoms with Gasteiger partial charge in [0, 0.05) is 30.3 Å². The standard InChI is InChI=1S/C22H28N2O2S/c25-21-10-8-18(15-24(21)19-5-3-1-2-4-6-19)22(26)23-14-16-7-9-20-17(13-16)11-12-27-20/h7,9,11-13,18-19H,1-6,8,10,14-15H2,(H,23,26). The molecule has 2 aromatic rings. The third kappa shape index (κ3) is 4.34. The monoisotopic (exact) mass is 384 g/mol. The molecule has 0 bridgehead atoms. The van der Waals surface area contributed by atoms with Gasteiger partial charge in [-0.15, -0.1) is 11.3 Å². The molecule has 2 amide bonds. The second kappa shape index (κ2) is 8.42. The SMILES string of the molecule is O=C(NCc1ccc2sccc2c1)C1CCC(=O)N(C2CCCCCC2)C1. The molecule has 2 heterocycles. The number of nitrogens with zero attached hydrogens (tertiary/aromatic N) is 1. The van der Waals surface area contributed by atoms with Crippen molar-refractivity contribution in [2.75, 3.05) is 6.54 Å². The Morgan fingerprint density at radius 3 is 2.74 bits per heavy atom. The van der Waals surface area contributed by atoms with Crippen molar-refractivity contribution in [3.63, 3.8) is 0 Å². The Morgan fingerprint density at radius 1 is 1.11 bits per heavy atom. The molecule has 2 aliphatic rings. The van der Waals surface area contributed by atoms with Crippen molar-refractivity contribution in [2.45, 2.75) is 64.0 Å². The van der Waals surface area contributed by atoms with E-state index < -0.39 is 0 Å². The summed E-state index contributed by atoms with van der Waals surface area (Å²) in [4.78, 5) is 27.2. The lowest BCUT2D eigenvalue weighted by molar-refractivity contribution is -0.141. The van der Waals surface area contributed by atoms with Crippen molar-refractivity contribution in [1.29, 1.82) is 0 Å². The van der Waals surface area contributed by atoms with Gasteiger partial charge in [-0.2, -0.15) is 0 Å². The van der Waals surface area contributed by atoms with Crippen LogP contribution in [0.3, 0.4) is 0 Å². The summed E-state index contributed by atoms with van der Waals surface area (Å²) >= 11 is 1.73. The highest BCUT2D eigenvalue weighted by Crippen LogP contribution is 2.27. The summed E-state index contributed by atoms with van der Waals surface area (Å²) < 4.78 is 1.27. The highest BCUT2D eigenvalue weighted by molar-refractivity contribution is 7.17. The van der Waals surface area contributed by atoms with Gasteiger partial charge in [0.25, 0.3) is 0 Å². The summed E-state index contributed by atoms with van der Waals surface area (Å²) in [6, 6.07) is 8.81. The van der Waals surface area contributed by atoms with Crippen LogP contribution in [-0.2, 0) is 16.1 Å².